The van der Waals surface area contributed by atoms with Gasteiger partial charge in [-0.15, -0.1) is 0 Å². The zero-order valence-corrected chi connectivity index (χ0v) is 13.5. The van der Waals surface area contributed by atoms with E-state index in [1.807, 2.05) is 17.7 Å². The number of likely N-dealkylation sites (N-methyl/N-ethyl adjacent to an activating group) is 1. The molecule has 2 aromatic heterocycles. The van der Waals surface area contributed by atoms with Gasteiger partial charge >= 0.3 is 0 Å². The predicted octanol–water partition coefficient (Wildman–Crippen LogP) is 2.25. The lowest BCUT2D eigenvalue weighted by Crippen LogP contribution is -2.17. The number of aryl methyl sites for hydroxylation is 2. The second-order valence-corrected chi connectivity index (χ2v) is 5.11. The summed E-state index contributed by atoms with van der Waals surface area (Å²) in [6.45, 7) is 10.4. The number of hydrogen-bond acceptors (Lipinski definition) is 4. The first-order valence-electron chi connectivity index (χ1n) is 7.80. The third kappa shape index (κ3) is 3.47. The minimum Gasteiger partial charge on any atom is -0.317 e. The third-order valence-corrected chi connectivity index (χ3v) is 3.65. The van der Waals surface area contributed by atoms with Gasteiger partial charge in [-0.2, -0.15) is 5.10 Å². The van der Waals surface area contributed by atoms with Crippen LogP contribution in [0.5, 0.6) is 0 Å². The van der Waals surface area contributed by atoms with Crippen molar-refractivity contribution in [3.8, 4) is 5.82 Å². The van der Waals surface area contributed by atoms with Crippen LogP contribution >= 0.6 is 0 Å². The Bertz CT molecular complexity index is 588. The molecule has 0 bridgehead atoms. The van der Waals surface area contributed by atoms with E-state index in [-0.39, 0.29) is 0 Å². The molecule has 0 saturated carbocycles. The molecule has 0 aliphatic rings. The molecule has 0 unspecified atom stereocenters. The quantitative estimate of drug-likeness (QED) is 0.794. The Morgan fingerprint density at radius 1 is 1.14 bits per heavy atom. The fourth-order valence-corrected chi connectivity index (χ4v) is 2.61. The number of hydrogen-bond donors (Lipinski definition) is 1. The monoisotopic (exact) mass is 287 g/mol. The van der Waals surface area contributed by atoms with E-state index in [2.05, 4.69) is 36.1 Å². The zero-order chi connectivity index (χ0) is 15.2. The number of rotatable bonds is 7. The van der Waals surface area contributed by atoms with Gasteiger partial charge in [0.15, 0.2) is 5.82 Å². The smallest absolute Gasteiger partial charge is 0.157 e. The molecule has 0 radical (unpaired) electrons. The Morgan fingerprint density at radius 2 is 1.95 bits per heavy atom. The van der Waals surface area contributed by atoms with Crippen LogP contribution in [0.3, 0.4) is 0 Å². The van der Waals surface area contributed by atoms with Crippen LogP contribution in [-0.4, -0.2) is 32.8 Å². The molecule has 2 heterocycles. The van der Waals surface area contributed by atoms with Crippen molar-refractivity contribution < 1.29 is 0 Å². The summed E-state index contributed by atoms with van der Waals surface area (Å²) in [6.07, 6.45) is 4.53. The van der Waals surface area contributed by atoms with E-state index in [0.717, 1.165) is 43.9 Å². The van der Waals surface area contributed by atoms with Crippen molar-refractivity contribution in [2.75, 3.05) is 13.1 Å². The van der Waals surface area contributed by atoms with Crippen LogP contribution in [0, 0.1) is 6.92 Å². The van der Waals surface area contributed by atoms with Crippen LogP contribution in [0.4, 0.5) is 0 Å². The van der Waals surface area contributed by atoms with Crippen LogP contribution in [0.25, 0.3) is 5.82 Å². The molecule has 2 aromatic rings. The van der Waals surface area contributed by atoms with Crippen molar-refractivity contribution in [3.05, 3.63) is 35.0 Å². The summed E-state index contributed by atoms with van der Waals surface area (Å²) in [5.74, 6) is 0.865. The molecule has 5 heteroatoms. The van der Waals surface area contributed by atoms with Crippen LogP contribution in [0.15, 0.2) is 12.4 Å². The summed E-state index contributed by atoms with van der Waals surface area (Å²) < 4.78 is 1.99. The molecule has 2 rings (SSSR count). The molecule has 0 spiro atoms. The fraction of sp³-hybridized carbons (Fsp3) is 0.562. The maximum atomic E-state index is 4.79. The highest BCUT2D eigenvalue weighted by molar-refractivity contribution is 5.34. The predicted molar refractivity (Wildman–Crippen MR) is 84.9 cm³/mol. The molecule has 0 fully saturated rings. The average molecular weight is 287 g/mol. The Morgan fingerprint density at radius 3 is 2.57 bits per heavy atom. The lowest BCUT2D eigenvalue weighted by atomic mass is 10.1. The highest BCUT2D eigenvalue weighted by atomic mass is 15.3. The second kappa shape index (κ2) is 7.31. The molecule has 0 amide bonds. The van der Waals surface area contributed by atoms with Crippen LogP contribution in [-0.2, 0) is 19.3 Å². The SMILES string of the molecule is CCNCCc1c(CC)nn(-c2cc(C)ncn2)c1CC. The molecule has 114 valence electrons. The van der Waals surface area contributed by atoms with Gasteiger partial charge < -0.3 is 5.32 Å². The largest absolute Gasteiger partial charge is 0.317 e. The molecule has 5 nitrogen and oxygen atoms in total. The van der Waals surface area contributed by atoms with E-state index in [1.165, 1.54) is 17.0 Å². The number of nitrogens with one attached hydrogen (secondary N) is 1. The van der Waals surface area contributed by atoms with Gasteiger partial charge in [-0.25, -0.2) is 14.6 Å². The third-order valence-electron chi connectivity index (χ3n) is 3.65. The zero-order valence-electron chi connectivity index (χ0n) is 13.5. The summed E-state index contributed by atoms with van der Waals surface area (Å²) in [7, 11) is 0. The minimum atomic E-state index is 0.865. The van der Waals surface area contributed by atoms with Gasteiger partial charge in [0.1, 0.15) is 6.33 Å². The molecule has 0 aliphatic carbocycles. The summed E-state index contributed by atoms with van der Waals surface area (Å²) in [4.78, 5) is 8.55. The lowest BCUT2D eigenvalue weighted by molar-refractivity contribution is 0.708. The molecule has 0 aliphatic heterocycles. The molecule has 21 heavy (non-hydrogen) atoms. The van der Waals surface area contributed by atoms with Crippen molar-refractivity contribution in [1.82, 2.24) is 25.1 Å². The van der Waals surface area contributed by atoms with Gasteiger partial charge in [0.25, 0.3) is 0 Å². The van der Waals surface area contributed by atoms with Crippen molar-refractivity contribution in [2.24, 2.45) is 0 Å². The first kappa shape index (κ1) is 15.6. The maximum Gasteiger partial charge on any atom is 0.157 e. The van der Waals surface area contributed by atoms with Crippen molar-refractivity contribution in [2.45, 2.75) is 47.0 Å². The van der Waals surface area contributed by atoms with E-state index < -0.39 is 0 Å². The first-order valence-corrected chi connectivity index (χ1v) is 7.80. The van der Waals surface area contributed by atoms with Gasteiger partial charge in [0, 0.05) is 17.5 Å². The molecule has 1 N–H and O–H groups in total. The molecule has 0 atom stereocenters. The van der Waals surface area contributed by atoms with Gasteiger partial charge in [0.2, 0.25) is 0 Å². The topological polar surface area (TPSA) is 55.6 Å². The van der Waals surface area contributed by atoms with Crippen molar-refractivity contribution >= 4 is 0 Å². The maximum absolute atomic E-state index is 4.79. The van der Waals surface area contributed by atoms with Crippen molar-refractivity contribution in [3.63, 3.8) is 0 Å². The summed E-state index contributed by atoms with van der Waals surface area (Å²) in [5, 5.41) is 8.18. The number of aromatic nitrogens is 4. The Hall–Kier alpha value is -1.75. The van der Waals surface area contributed by atoms with Gasteiger partial charge in [-0.3, -0.25) is 0 Å². The second-order valence-electron chi connectivity index (χ2n) is 5.11. The Balaban J connectivity index is 2.42. The molecule has 0 saturated heterocycles. The number of nitrogens with zero attached hydrogens (tertiary/aromatic N) is 4. The average Bonchev–Trinajstić information content (AvgIpc) is 2.85. The minimum absolute atomic E-state index is 0.865. The standard InChI is InChI=1S/C16H25N5/c1-5-14-13(8-9-17-7-3)15(6-2)21(20-14)16-10-12(4)18-11-19-16/h10-11,17H,5-9H2,1-4H3. The summed E-state index contributed by atoms with van der Waals surface area (Å²) >= 11 is 0. The van der Waals surface area contributed by atoms with Crippen molar-refractivity contribution in [1.29, 1.82) is 0 Å². The van der Waals surface area contributed by atoms with Gasteiger partial charge in [-0.05, 0) is 44.8 Å². The normalized spacial score (nSPS) is 11.0. The molecule has 0 aromatic carbocycles. The first-order chi connectivity index (χ1) is 10.2. The highest BCUT2D eigenvalue weighted by Gasteiger charge is 2.16. The van der Waals surface area contributed by atoms with E-state index >= 15 is 0 Å². The van der Waals surface area contributed by atoms with E-state index in [4.69, 9.17) is 5.10 Å². The van der Waals surface area contributed by atoms with E-state index in [9.17, 15) is 0 Å². The highest BCUT2D eigenvalue weighted by Crippen LogP contribution is 2.20. The van der Waals surface area contributed by atoms with Gasteiger partial charge in [-0.1, -0.05) is 20.8 Å². The Kier molecular flexibility index (Phi) is 5.44. The molecular formula is C16H25N5. The van der Waals surface area contributed by atoms with Crippen LogP contribution in [0.2, 0.25) is 0 Å². The lowest BCUT2D eigenvalue weighted by Gasteiger charge is -2.08. The van der Waals surface area contributed by atoms with Crippen LogP contribution in [0.1, 0.15) is 43.4 Å². The van der Waals surface area contributed by atoms with Gasteiger partial charge in [0.05, 0.1) is 5.69 Å². The molecular weight excluding hydrogens is 262 g/mol. The fourth-order valence-electron chi connectivity index (χ4n) is 2.61. The van der Waals surface area contributed by atoms with Crippen LogP contribution < -0.4 is 5.32 Å². The Labute approximate surface area is 126 Å². The van der Waals surface area contributed by atoms with E-state index in [0.29, 0.717) is 0 Å². The van der Waals surface area contributed by atoms with E-state index in [1.54, 1.807) is 6.33 Å². The summed E-state index contributed by atoms with van der Waals surface area (Å²) in [5.41, 5.74) is 4.78. The summed E-state index contributed by atoms with van der Waals surface area (Å²) in [6, 6.07) is 1.99.